The van der Waals surface area contributed by atoms with Crippen molar-refractivity contribution < 1.29 is 9.50 Å². The Morgan fingerprint density at radius 1 is 1.17 bits per heavy atom. The lowest BCUT2D eigenvalue weighted by atomic mass is 10.00. The summed E-state index contributed by atoms with van der Waals surface area (Å²) in [4.78, 5) is 2.36. The van der Waals surface area contributed by atoms with Gasteiger partial charge >= 0.3 is 0 Å². The molecule has 1 aliphatic heterocycles. The van der Waals surface area contributed by atoms with Gasteiger partial charge in [0.05, 0.1) is 6.10 Å². The molecule has 2 aromatic rings. The van der Waals surface area contributed by atoms with Gasteiger partial charge in [-0.1, -0.05) is 42.5 Å². The summed E-state index contributed by atoms with van der Waals surface area (Å²) >= 11 is 0. The number of likely N-dealkylation sites (tertiary alicyclic amines) is 1. The standard InChI is InChI=1S/C20H24FNO/c1-20(2)12-11-18(19(23)16-9-6-10-17(21)13-16)22(20)14-15-7-4-3-5-8-15/h3-10,13,18-19,23H,11-12,14H2,1-2H3/t18-,19+/m1/s1. The Morgan fingerprint density at radius 3 is 2.61 bits per heavy atom. The number of hydrogen-bond acceptors (Lipinski definition) is 2. The van der Waals surface area contributed by atoms with E-state index in [-0.39, 0.29) is 17.4 Å². The minimum atomic E-state index is -0.670. The van der Waals surface area contributed by atoms with Crippen molar-refractivity contribution in [1.29, 1.82) is 0 Å². The first kappa shape index (κ1) is 16.2. The Bertz CT molecular complexity index is 656. The predicted octanol–water partition coefficient (Wildman–Crippen LogP) is 4.30. The van der Waals surface area contributed by atoms with Crippen molar-refractivity contribution in [2.45, 2.75) is 50.9 Å². The van der Waals surface area contributed by atoms with Crippen molar-refractivity contribution in [2.24, 2.45) is 0 Å². The topological polar surface area (TPSA) is 23.5 Å². The van der Waals surface area contributed by atoms with Crippen LogP contribution in [-0.2, 0) is 6.54 Å². The Morgan fingerprint density at radius 2 is 1.91 bits per heavy atom. The molecule has 0 aromatic heterocycles. The molecule has 3 rings (SSSR count). The van der Waals surface area contributed by atoms with Crippen molar-refractivity contribution in [3.8, 4) is 0 Å². The predicted molar refractivity (Wildman–Crippen MR) is 90.4 cm³/mol. The van der Waals surface area contributed by atoms with Crippen LogP contribution in [0.1, 0.15) is 43.9 Å². The molecule has 0 aliphatic carbocycles. The van der Waals surface area contributed by atoms with Crippen LogP contribution in [0.4, 0.5) is 4.39 Å². The molecule has 122 valence electrons. The molecule has 23 heavy (non-hydrogen) atoms. The highest BCUT2D eigenvalue weighted by atomic mass is 19.1. The number of aliphatic hydroxyl groups is 1. The van der Waals surface area contributed by atoms with E-state index in [0.29, 0.717) is 5.56 Å². The summed E-state index contributed by atoms with van der Waals surface area (Å²) in [5, 5.41) is 10.8. The summed E-state index contributed by atoms with van der Waals surface area (Å²) in [6, 6.07) is 16.6. The first-order chi connectivity index (χ1) is 11.0. The van der Waals surface area contributed by atoms with Crippen LogP contribution < -0.4 is 0 Å². The second kappa shape index (κ2) is 6.42. The van der Waals surface area contributed by atoms with Gasteiger partial charge in [-0.25, -0.2) is 4.39 Å². The van der Waals surface area contributed by atoms with E-state index >= 15 is 0 Å². The van der Waals surface area contributed by atoms with Crippen LogP contribution >= 0.6 is 0 Å². The maximum Gasteiger partial charge on any atom is 0.123 e. The summed E-state index contributed by atoms with van der Waals surface area (Å²) in [6.45, 7) is 5.23. The molecule has 0 bridgehead atoms. The highest BCUT2D eigenvalue weighted by molar-refractivity contribution is 5.22. The molecule has 2 nitrogen and oxygen atoms in total. The summed E-state index contributed by atoms with van der Waals surface area (Å²) in [6.07, 6.45) is 1.27. The molecule has 1 aliphatic rings. The summed E-state index contributed by atoms with van der Waals surface area (Å²) < 4.78 is 13.5. The fraction of sp³-hybridized carbons (Fsp3) is 0.400. The molecule has 0 amide bonds. The quantitative estimate of drug-likeness (QED) is 0.909. The van der Waals surface area contributed by atoms with Crippen LogP contribution in [0, 0.1) is 5.82 Å². The van der Waals surface area contributed by atoms with Gasteiger partial charge in [0, 0.05) is 18.1 Å². The molecule has 0 unspecified atom stereocenters. The Balaban J connectivity index is 1.85. The van der Waals surface area contributed by atoms with Crippen molar-refractivity contribution in [2.75, 3.05) is 0 Å². The van der Waals surface area contributed by atoms with Gasteiger partial charge in [0.2, 0.25) is 0 Å². The van der Waals surface area contributed by atoms with Gasteiger partial charge in [0.25, 0.3) is 0 Å². The third-order valence-electron chi connectivity index (χ3n) is 4.98. The molecular weight excluding hydrogens is 289 g/mol. The van der Waals surface area contributed by atoms with Crippen molar-refractivity contribution in [3.05, 3.63) is 71.5 Å². The van der Waals surface area contributed by atoms with Crippen LogP contribution in [0.2, 0.25) is 0 Å². The Hall–Kier alpha value is -1.71. The normalized spacial score (nSPS) is 22.2. The largest absolute Gasteiger partial charge is 0.387 e. The van der Waals surface area contributed by atoms with Gasteiger partial charge in [-0.05, 0) is 49.9 Å². The molecule has 1 saturated heterocycles. The number of benzene rings is 2. The van der Waals surface area contributed by atoms with Gasteiger partial charge in [0.1, 0.15) is 5.82 Å². The molecule has 3 heteroatoms. The average molecular weight is 313 g/mol. The molecule has 0 radical (unpaired) electrons. The zero-order valence-electron chi connectivity index (χ0n) is 13.7. The van der Waals surface area contributed by atoms with Gasteiger partial charge in [0.15, 0.2) is 0 Å². The molecule has 1 N–H and O–H groups in total. The second-order valence-corrected chi connectivity index (χ2v) is 7.03. The number of aliphatic hydroxyl groups excluding tert-OH is 1. The summed E-state index contributed by atoms with van der Waals surface area (Å²) in [5.41, 5.74) is 1.92. The average Bonchev–Trinajstić information content (AvgIpc) is 2.83. The first-order valence-corrected chi connectivity index (χ1v) is 8.21. The smallest absolute Gasteiger partial charge is 0.123 e. The first-order valence-electron chi connectivity index (χ1n) is 8.21. The van der Waals surface area contributed by atoms with Gasteiger partial charge < -0.3 is 5.11 Å². The molecule has 2 aromatic carbocycles. The van der Waals surface area contributed by atoms with Crippen molar-refractivity contribution in [3.63, 3.8) is 0 Å². The molecule has 1 fully saturated rings. The van der Waals surface area contributed by atoms with Gasteiger partial charge in [-0.2, -0.15) is 0 Å². The lowest BCUT2D eigenvalue weighted by molar-refractivity contribution is 0.0275. The maximum atomic E-state index is 13.5. The fourth-order valence-electron chi connectivity index (χ4n) is 3.60. The summed E-state index contributed by atoms with van der Waals surface area (Å²) in [5.74, 6) is -0.298. The minimum absolute atomic E-state index is 0.00649. The third-order valence-corrected chi connectivity index (χ3v) is 4.98. The Kier molecular flexibility index (Phi) is 4.51. The molecule has 2 atom stereocenters. The van der Waals surface area contributed by atoms with Crippen LogP contribution in [-0.4, -0.2) is 21.6 Å². The fourth-order valence-corrected chi connectivity index (χ4v) is 3.60. The van der Waals surface area contributed by atoms with Crippen LogP contribution in [0.3, 0.4) is 0 Å². The maximum absolute atomic E-state index is 13.5. The number of hydrogen-bond donors (Lipinski definition) is 1. The van der Waals surface area contributed by atoms with Gasteiger partial charge in [-0.15, -0.1) is 0 Å². The minimum Gasteiger partial charge on any atom is -0.387 e. The van der Waals surface area contributed by atoms with Crippen molar-refractivity contribution in [1.82, 2.24) is 4.90 Å². The van der Waals surface area contributed by atoms with E-state index in [9.17, 15) is 9.50 Å². The second-order valence-electron chi connectivity index (χ2n) is 7.03. The monoisotopic (exact) mass is 313 g/mol. The highest BCUT2D eigenvalue weighted by Gasteiger charge is 2.42. The lowest BCUT2D eigenvalue weighted by Gasteiger charge is -2.38. The van der Waals surface area contributed by atoms with Crippen LogP contribution in [0.25, 0.3) is 0 Å². The molecule has 0 spiro atoms. The zero-order chi connectivity index (χ0) is 16.4. The molecule has 1 heterocycles. The number of halogens is 1. The van der Waals surface area contributed by atoms with Crippen molar-refractivity contribution >= 4 is 0 Å². The summed E-state index contributed by atoms with van der Waals surface area (Å²) in [7, 11) is 0. The molecule has 0 saturated carbocycles. The van der Waals surface area contributed by atoms with E-state index < -0.39 is 6.10 Å². The van der Waals surface area contributed by atoms with E-state index in [1.165, 1.54) is 17.7 Å². The number of nitrogens with zero attached hydrogens (tertiary/aromatic N) is 1. The van der Waals surface area contributed by atoms with E-state index in [0.717, 1.165) is 19.4 Å². The van der Waals surface area contributed by atoms with E-state index in [1.807, 2.05) is 18.2 Å². The van der Waals surface area contributed by atoms with Crippen LogP contribution in [0.5, 0.6) is 0 Å². The third kappa shape index (κ3) is 3.46. The Labute approximate surface area is 137 Å². The number of rotatable bonds is 4. The van der Waals surface area contributed by atoms with E-state index in [4.69, 9.17) is 0 Å². The van der Waals surface area contributed by atoms with E-state index in [1.54, 1.807) is 12.1 Å². The van der Waals surface area contributed by atoms with Gasteiger partial charge in [-0.3, -0.25) is 4.90 Å². The SMILES string of the molecule is CC1(C)CC[C@H]([C@@H](O)c2cccc(F)c2)N1Cc1ccccc1. The van der Waals surface area contributed by atoms with E-state index in [2.05, 4.69) is 30.9 Å². The molecular formula is C20H24FNO. The highest BCUT2D eigenvalue weighted by Crippen LogP contribution is 2.40. The zero-order valence-corrected chi connectivity index (χ0v) is 13.7. The van der Waals surface area contributed by atoms with Crippen LogP contribution in [0.15, 0.2) is 54.6 Å². The lowest BCUT2D eigenvalue weighted by Crippen LogP contribution is -2.44.